The molecule has 1 aromatic carbocycles. The van der Waals surface area contributed by atoms with Crippen LogP contribution in [0, 0.1) is 0 Å². The molecule has 82 valence electrons. The highest BCUT2D eigenvalue weighted by Crippen LogP contribution is 2.30. The lowest BCUT2D eigenvalue weighted by molar-refractivity contribution is -0.137. The second kappa shape index (κ2) is 4.07. The average Bonchev–Trinajstić information content (AvgIpc) is 2.14. The third kappa shape index (κ3) is 3.37. The number of anilines is 1. The van der Waals surface area contributed by atoms with E-state index < -0.39 is 17.8 Å². The maximum Gasteiger partial charge on any atom is 0.416 e. The summed E-state index contributed by atoms with van der Waals surface area (Å²) in [6.45, 7) is 0. The fourth-order valence-electron chi connectivity index (χ4n) is 0.907. The van der Waals surface area contributed by atoms with Gasteiger partial charge in [-0.1, -0.05) is 6.07 Å². The Morgan fingerprint density at radius 3 is 2.53 bits per heavy atom. The van der Waals surface area contributed by atoms with Gasteiger partial charge in [-0.05, 0) is 18.2 Å². The Hall–Kier alpha value is -1.92. The monoisotopic (exact) mass is 219 g/mol. The Labute approximate surface area is 83.2 Å². The van der Waals surface area contributed by atoms with Gasteiger partial charge in [-0.15, -0.1) is 0 Å². The SMILES string of the molecule is NC(=O)NNc1cccc(C(F)(F)F)c1. The van der Waals surface area contributed by atoms with Crippen LogP contribution < -0.4 is 16.6 Å². The van der Waals surface area contributed by atoms with E-state index in [4.69, 9.17) is 5.73 Å². The van der Waals surface area contributed by atoms with E-state index in [9.17, 15) is 18.0 Å². The predicted octanol–water partition coefficient (Wildman–Crippen LogP) is 1.70. The molecule has 0 spiro atoms. The van der Waals surface area contributed by atoms with E-state index in [1.807, 2.05) is 5.43 Å². The van der Waals surface area contributed by atoms with E-state index in [1.165, 1.54) is 12.1 Å². The number of amides is 2. The van der Waals surface area contributed by atoms with Crippen LogP contribution in [0.2, 0.25) is 0 Å². The van der Waals surface area contributed by atoms with Gasteiger partial charge in [0.2, 0.25) is 0 Å². The number of primary amides is 1. The summed E-state index contributed by atoms with van der Waals surface area (Å²) in [6, 6.07) is 3.48. The number of nitrogens with one attached hydrogen (secondary N) is 2. The lowest BCUT2D eigenvalue weighted by atomic mass is 10.2. The number of carbonyl (C=O) groups excluding carboxylic acids is 1. The summed E-state index contributed by atoms with van der Waals surface area (Å²) >= 11 is 0. The van der Waals surface area contributed by atoms with Gasteiger partial charge >= 0.3 is 12.2 Å². The van der Waals surface area contributed by atoms with Crippen LogP contribution in [-0.4, -0.2) is 6.03 Å². The summed E-state index contributed by atoms with van der Waals surface area (Å²) in [6.07, 6.45) is -4.41. The quantitative estimate of drug-likeness (QED) is 0.662. The van der Waals surface area contributed by atoms with Crippen molar-refractivity contribution in [3.63, 3.8) is 0 Å². The molecule has 7 heteroatoms. The van der Waals surface area contributed by atoms with Crippen LogP contribution in [-0.2, 0) is 6.18 Å². The lowest BCUT2D eigenvalue weighted by Gasteiger charge is -2.10. The minimum atomic E-state index is -4.41. The van der Waals surface area contributed by atoms with Crippen molar-refractivity contribution in [1.29, 1.82) is 0 Å². The zero-order valence-electron chi connectivity index (χ0n) is 7.43. The molecule has 0 atom stereocenters. The predicted molar refractivity (Wildman–Crippen MR) is 47.8 cm³/mol. The summed E-state index contributed by atoms with van der Waals surface area (Å²) in [5.74, 6) is 0. The molecule has 4 N–H and O–H groups in total. The number of benzene rings is 1. The Morgan fingerprint density at radius 1 is 1.33 bits per heavy atom. The number of halogens is 3. The highest BCUT2D eigenvalue weighted by molar-refractivity contribution is 5.73. The molecule has 0 bridgehead atoms. The molecule has 0 aliphatic rings. The molecule has 0 unspecified atom stereocenters. The molecule has 0 radical (unpaired) electrons. The topological polar surface area (TPSA) is 67.2 Å². The van der Waals surface area contributed by atoms with Crippen molar-refractivity contribution in [3.8, 4) is 0 Å². The molecule has 2 amide bonds. The highest BCUT2D eigenvalue weighted by Gasteiger charge is 2.30. The average molecular weight is 219 g/mol. The normalized spacial score (nSPS) is 10.9. The number of urea groups is 1. The lowest BCUT2D eigenvalue weighted by Crippen LogP contribution is -2.34. The van der Waals surface area contributed by atoms with Gasteiger partial charge in [0.1, 0.15) is 0 Å². The van der Waals surface area contributed by atoms with Crippen molar-refractivity contribution in [2.45, 2.75) is 6.18 Å². The van der Waals surface area contributed by atoms with E-state index in [2.05, 4.69) is 5.43 Å². The Kier molecular flexibility index (Phi) is 3.03. The van der Waals surface area contributed by atoms with Gasteiger partial charge in [0, 0.05) is 0 Å². The van der Waals surface area contributed by atoms with E-state index >= 15 is 0 Å². The molecule has 15 heavy (non-hydrogen) atoms. The van der Waals surface area contributed by atoms with Crippen molar-refractivity contribution in [2.24, 2.45) is 5.73 Å². The molecule has 0 aliphatic heterocycles. The number of hydrogen-bond acceptors (Lipinski definition) is 2. The molecule has 0 fully saturated rings. The van der Waals surface area contributed by atoms with Crippen molar-refractivity contribution in [2.75, 3.05) is 5.43 Å². The number of rotatable bonds is 2. The van der Waals surface area contributed by atoms with Crippen LogP contribution in [0.15, 0.2) is 24.3 Å². The number of carbonyl (C=O) groups is 1. The number of alkyl halides is 3. The van der Waals surface area contributed by atoms with Gasteiger partial charge < -0.3 is 5.73 Å². The first-order valence-electron chi connectivity index (χ1n) is 3.88. The van der Waals surface area contributed by atoms with Gasteiger partial charge in [0.05, 0.1) is 11.3 Å². The van der Waals surface area contributed by atoms with E-state index in [0.717, 1.165) is 12.1 Å². The van der Waals surface area contributed by atoms with Gasteiger partial charge in [0.15, 0.2) is 0 Å². The van der Waals surface area contributed by atoms with Crippen molar-refractivity contribution in [3.05, 3.63) is 29.8 Å². The fraction of sp³-hybridized carbons (Fsp3) is 0.125. The zero-order valence-corrected chi connectivity index (χ0v) is 7.43. The van der Waals surface area contributed by atoms with E-state index in [-0.39, 0.29) is 5.69 Å². The number of hydrazine groups is 1. The molecule has 1 rings (SSSR count). The molecule has 1 aromatic rings. The minimum Gasteiger partial charge on any atom is -0.350 e. The van der Waals surface area contributed by atoms with Gasteiger partial charge in [0.25, 0.3) is 0 Å². The summed E-state index contributed by atoms with van der Waals surface area (Å²) in [7, 11) is 0. The third-order valence-electron chi connectivity index (χ3n) is 1.52. The zero-order chi connectivity index (χ0) is 11.5. The molecule has 0 aliphatic carbocycles. The van der Waals surface area contributed by atoms with Crippen molar-refractivity contribution < 1.29 is 18.0 Å². The highest BCUT2D eigenvalue weighted by atomic mass is 19.4. The summed E-state index contributed by atoms with van der Waals surface area (Å²) in [5, 5.41) is 0. The molecular weight excluding hydrogens is 211 g/mol. The standard InChI is InChI=1S/C8H8F3N3O/c9-8(10,11)5-2-1-3-6(4-5)13-14-7(12)15/h1-4,13H,(H3,12,14,15). The van der Waals surface area contributed by atoms with E-state index in [1.54, 1.807) is 0 Å². The first-order valence-corrected chi connectivity index (χ1v) is 3.88. The maximum absolute atomic E-state index is 12.2. The largest absolute Gasteiger partial charge is 0.416 e. The van der Waals surface area contributed by atoms with Crippen LogP contribution in [0.25, 0.3) is 0 Å². The molecule has 0 aromatic heterocycles. The number of hydrogen-bond donors (Lipinski definition) is 3. The second-order valence-corrected chi connectivity index (χ2v) is 2.69. The van der Waals surface area contributed by atoms with E-state index in [0.29, 0.717) is 0 Å². The summed E-state index contributed by atoms with van der Waals surface area (Å²) < 4.78 is 36.7. The van der Waals surface area contributed by atoms with Crippen molar-refractivity contribution >= 4 is 11.7 Å². The third-order valence-corrected chi connectivity index (χ3v) is 1.52. The Morgan fingerprint density at radius 2 is 2.00 bits per heavy atom. The van der Waals surface area contributed by atoms with Crippen LogP contribution in [0.5, 0.6) is 0 Å². The summed E-state index contributed by atoms with van der Waals surface area (Å²) in [4.78, 5) is 10.3. The summed E-state index contributed by atoms with van der Waals surface area (Å²) in [5.41, 5.74) is 8.22. The second-order valence-electron chi connectivity index (χ2n) is 2.69. The van der Waals surface area contributed by atoms with Crippen LogP contribution in [0.4, 0.5) is 23.7 Å². The van der Waals surface area contributed by atoms with Gasteiger partial charge in [-0.3, -0.25) is 10.9 Å². The van der Waals surface area contributed by atoms with Crippen LogP contribution in [0.3, 0.4) is 0 Å². The van der Waals surface area contributed by atoms with Crippen molar-refractivity contribution in [1.82, 2.24) is 5.43 Å². The Balaban J connectivity index is 2.79. The van der Waals surface area contributed by atoms with Crippen LogP contribution in [0.1, 0.15) is 5.56 Å². The molecule has 0 saturated heterocycles. The molecule has 0 heterocycles. The molecule has 4 nitrogen and oxygen atoms in total. The first kappa shape index (κ1) is 11.2. The van der Waals surface area contributed by atoms with Crippen LogP contribution >= 0.6 is 0 Å². The van der Waals surface area contributed by atoms with Gasteiger partial charge in [-0.2, -0.15) is 13.2 Å². The molecular formula is C8H8F3N3O. The minimum absolute atomic E-state index is 0.101. The molecule has 0 saturated carbocycles. The first-order chi connectivity index (χ1) is 6.89. The number of nitrogens with two attached hydrogens (primary N) is 1. The van der Waals surface area contributed by atoms with Gasteiger partial charge in [-0.25, -0.2) is 4.79 Å². The fourth-order valence-corrected chi connectivity index (χ4v) is 0.907. The smallest absolute Gasteiger partial charge is 0.350 e. The maximum atomic E-state index is 12.2. The Bertz CT molecular complexity index is 364.